The molecule has 49 heavy (non-hydrogen) atoms. The molecule has 256 valence electrons. The summed E-state index contributed by atoms with van der Waals surface area (Å²) in [4.78, 5) is 43.9. The van der Waals surface area contributed by atoms with Gasteiger partial charge in [-0.25, -0.2) is 0 Å². The zero-order valence-electron chi connectivity index (χ0n) is 28.7. The van der Waals surface area contributed by atoms with Gasteiger partial charge in [-0.05, 0) is 62.1 Å². The molecule has 5 aromatic rings. The fourth-order valence-electron chi connectivity index (χ4n) is 6.97. The van der Waals surface area contributed by atoms with Gasteiger partial charge in [0.05, 0.1) is 22.2 Å². The lowest BCUT2D eigenvalue weighted by Gasteiger charge is -2.43. The highest BCUT2D eigenvalue weighted by Crippen LogP contribution is 2.22. The minimum Gasteiger partial charge on any atom is -0.392 e. The summed E-state index contributed by atoms with van der Waals surface area (Å²) in [6.45, 7) is 9.04. The quantitative estimate of drug-likeness (QED) is 0.146. The Bertz CT molecular complexity index is 1930. The van der Waals surface area contributed by atoms with Crippen LogP contribution in [0.1, 0.15) is 45.7 Å². The van der Waals surface area contributed by atoms with Gasteiger partial charge in [-0.15, -0.1) is 0 Å². The summed E-state index contributed by atoms with van der Waals surface area (Å²) in [6.07, 6.45) is 5.42. The second kappa shape index (κ2) is 15.4. The predicted octanol–water partition coefficient (Wildman–Crippen LogP) is 5.33. The van der Waals surface area contributed by atoms with Gasteiger partial charge in [-0.1, -0.05) is 60.7 Å². The molecule has 2 amide bonds. The third kappa shape index (κ3) is 7.72. The number of benzene rings is 3. The first-order valence-corrected chi connectivity index (χ1v) is 17.6. The first-order chi connectivity index (χ1) is 23.7. The molecule has 6 rings (SSSR count). The number of aromatic amines is 2. The van der Waals surface area contributed by atoms with Crippen molar-refractivity contribution in [3.05, 3.63) is 107 Å². The van der Waals surface area contributed by atoms with Crippen molar-refractivity contribution in [2.24, 2.45) is 5.73 Å². The summed E-state index contributed by atoms with van der Waals surface area (Å²) in [6, 6.07) is 23.9. The number of carbonyl (C=O) groups excluding carboxylic acids is 2. The number of piperazine rings is 1. The number of aromatic nitrogens is 2. The lowest BCUT2D eigenvalue weighted by atomic mass is 10.0. The van der Waals surface area contributed by atoms with Crippen molar-refractivity contribution < 1.29 is 9.59 Å². The molecule has 10 heteroatoms. The summed E-state index contributed by atoms with van der Waals surface area (Å²) in [7, 11) is 1.81. The van der Waals surface area contributed by atoms with Crippen molar-refractivity contribution in [1.29, 1.82) is 0 Å². The Kier molecular flexibility index (Phi) is 10.8. The number of carbonyl (C=O) groups is 2. The largest absolute Gasteiger partial charge is 0.392 e. The SMILES string of the molecule is CC(C)N1CCN(CCN(CCc2c[nH]c3ccccc23)C(=O)c2ccccc2C(=O)N(C)CCc2c[nH]c3ccccc23)C(C(N)=S)C1. The van der Waals surface area contributed by atoms with Crippen molar-refractivity contribution in [3.63, 3.8) is 0 Å². The van der Waals surface area contributed by atoms with E-state index >= 15 is 0 Å². The monoisotopic (exact) mass is 677 g/mol. The summed E-state index contributed by atoms with van der Waals surface area (Å²) >= 11 is 5.51. The second-order valence-electron chi connectivity index (χ2n) is 13.3. The zero-order valence-corrected chi connectivity index (χ0v) is 29.5. The maximum Gasteiger partial charge on any atom is 0.254 e. The van der Waals surface area contributed by atoms with Gasteiger partial charge < -0.3 is 25.5 Å². The summed E-state index contributed by atoms with van der Waals surface area (Å²) in [5.74, 6) is -0.319. The van der Waals surface area contributed by atoms with Crippen LogP contribution in [0.3, 0.4) is 0 Å². The highest BCUT2D eigenvalue weighted by molar-refractivity contribution is 7.80. The normalized spacial score (nSPS) is 15.6. The van der Waals surface area contributed by atoms with Crippen LogP contribution in [0.4, 0.5) is 0 Å². The van der Waals surface area contributed by atoms with E-state index in [1.165, 1.54) is 0 Å². The molecule has 0 radical (unpaired) electrons. The molecule has 4 N–H and O–H groups in total. The van der Waals surface area contributed by atoms with Crippen LogP contribution in [0, 0.1) is 0 Å². The number of amides is 2. The molecule has 2 aromatic heterocycles. The van der Waals surface area contributed by atoms with Crippen LogP contribution in [-0.2, 0) is 12.8 Å². The van der Waals surface area contributed by atoms with Gasteiger partial charge in [0.2, 0.25) is 0 Å². The number of rotatable bonds is 13. The van der Waals surface area contributed by atoms with Crippen molar-refractivity contribution in [2.75, 3.05) is 52.9 Å². The average Bonchev–Trinajstić information content (AvgIpc) is 3.74. The van der Waals surface area contributed by atoms with E-state index in [2.05, 4.69) is 57.9 Å². The Balaban J connectivity index is 1.21. The van der Waals surface area contributed by atoms with Crippen LogP contribution >= 0.6 is 12.2 Å². The molecule has 1 saturated heterocycles. The number of nitrogens with one attached hydrogen (secondary N) is 2. The van der Waals surface area contributed by atoms with Crippen LogP contribution in [0.5, 0.6) is 0 Å². The number of likely N-dealkylation sites (N-methyl/N-ethyl adjacent to an activating group) is 1. The van der Waals surface area contributed by atoms with Gasteiger partial charge >= 0.3 is 0 Å². The minimum absolute atomic E-state index is 0.0589. The fourth-order valence-corrected chi connectivity index (χ4v) is 7.19. The third-order valence-electron chi connectivity index (χ3n) is 9.98. The van der Waals surface area contributed by atoms with Crippen LogP contribution in [-0.4, -0.2) is 111 Å². The number of hydrogen-bond donors (Lipinski definition) is 3. The molecule has 9 nitrogen and oxygen atoms in total. The molecule has 1 aliphatic heterocycles. The van der Waals surface area contributed by atoms with Crippen molar-refractivity contribution >= 4 is 50.8 Å². The Hall–Kier alpha value is -4.51. The molecule has 0 saturated carbocycles. The molecule has 0 bridgehead atoms. The van der Waals surface area contributed by atoms with Crippen molar-refractivity contribution in [3.8, 4) is 0 Å². The number of fused-ring (bicyclic) bond motifs is 2. The molecular weight excluding hydrogens is 631 g/mol. The van der Waals surface area contributed by atoms with E-state index in [1.54, 1.807) is 24.1 Å². The smallest absolute Gasteiger partial charge is 0.254 e. The topological polar surface area (TPSA) is 105 Å². The molecule has 0 aliphatic carbocycles. The highest BCUT2D eigenvalue weighted by atomic mass is 32.1. The number of hydrogen-bond acceptors (Lipinski definition) is 5. The lowest BCUT2D eigenvalue weighted by Crippen LogP contribution is -2.60. The molecule has 1 unspecified atom stereocenters. The highest BCUT2D eigenvalue weighted by Gasteiger charge is 2.31. The molecule has 1 atom stereocenters. The third-order valence-corrected chi connectivity index (χ3v) is 10.2. The van der Waals surface area contributed by atoms with Gasteiger partial charge in [-0.2, -0.15) is 0 Å². The van der Waals surface area contributed by atoms with E-state index in [9.17, 15) is 9.59 Å². The van der Waals surface area contributed by atoms with E-state index in [1.807, 2.05) is 53.7 Å². The van der Waals surface area contributed by atoms with Crippen LogP contribution < -0.4 is 5.73 Å². The summed E-state index contributed by atoms with van der Waals surface area (Å²) in [5, 5.41) is 2.31. The number of nitrogens with zero attached hydrogens (tertiary/aromatic N) is 4. The van der Waals surface area contributed by atoms with Gasteiger partial charge in [0.25, 0.3) is 11.8 Å². The van der Waals surface area contributed by atoms with Crippen LogP contribution in [0.25, 0.3) is 21.8 Å². The lowest BCUT2D eigenvalue weighted by molar-refractivity contribution is 0.0622. The minimum atomic E-state index is -0.168. The van der Waals surface area contributed by atoms with E-state index in [4.69, 9.17) is 18.0 Å². The number of para-hydroxylation sites is 2. The van der Waals surface area contributed by atoms with Gasteiger partial charge in [0, 0.05) is 93.1 Å². The Morgan fingerprint density at radius 2 is 1.37 bits per heavy atom. The predicted molar refractivity (Wildman–Crippen MR) is 202 cm³/mol. The molecular formula is C39H47N7O2S. The van der Waals surface area contributed by atoms with Gasteiger partial charge in [-0.3, -0.25) is 19.4 Å². The van der Waals surface area contributed by atoms with E-state index in [0.29, 0.717) is 61.2 Å². The van der Waals surface area contributed by atoms with E-state index in [0.717, 1.165) is 52.6 Å². The standard InChI is InChI=1S/C39H47N7O2S/c1-27(2)46-23-21-44(36(26-46)37(40)49)20-22-45(19-17-29-25-42-35-15-9-7-11-31(29)35)39(48)33-13-5-4-12-32(33)38(47)43(3)18-16-28-24-41-34-14-8-6-10-30(28)34/h4-15,24-25,27,36,41-42H,16-23,26H2,1-3H3,(H2,40,49). The van der Waals surface area contributed by atoms with E-state index < -0.39 is 0 Å². The van der Waals surface area contributed by atoms with Gasteiger partial charge in [0.1, 0.15) is 0 Å². The molecule has 3 heterocycles. The van der Waals surface area contributed by atoms with Crippen LogP contribution in [0.2, 0.25) is 0 Å². The Labute approximate surface area is 294 Å². The molecule has 3 aromatic carbocycles. The Morgan fingerprint density at radius 1 is 0.816 bits per heavy atom. The molecule has 0 spiro atoms. The maximum absolute atomic E-state index is 14.5. The van der Waals surface area contributed by atoms with Crippen molar-refractivity contribution in [1.82, 2.24) is 29.6 Å². The maximum atomic E-state index is 14.5. The average molecular weight is 678 g/mol. The van der Waals surface area contributed by atoms with Crippen LogP contribution in [0.15, 0.2) is 85.2 Å². The summed E-state index contributed by atoms with van der Waals surface area (Å²) in [5.41, 5.74) is 11.6. The fraction of sp³-hybridized carbons (Fsp3) is 0.359. The van der Waals surface area contributed by atoms with Crippen molar-refractivity contribution in [2.45, 2.75) is 38.8 Å². The van der Waals surface area contributed by atoms with Gasteiger partial charge in [0.15, 0.2) is 0 Å². The number of H-pyrrole nitrogens is 2. The zero-order chi connectivity index (χ0) is 34.5. The first kappa shape index (κ1) is 34.4. The summed E-state index contributed by atoms with van der Waals surface area (Å²) < 4.78 is 0. The second-order valence-corrected chi connectivity index (χ2v) is 13.8. The van der Waals surface area contributed by atoms with E-state index in [-0.39, 0.29) is 17.9 Å². The Morgan fingerprint density at radius 3 is 1.96 bits per heavy atom. The number of nitrogens with two attached hydrogens (primary N) is 1. The first-order valence-electron chi connectivity index (χ1n) is 17.2. The molecule has 1 aliphatic rings. The molecule has 1 fully saturated rings. The number of thiocarbonyl (C=S) groups is 1.